The molecule has 0 spiro atoms. The van der Waals surface area contributed by atoms with E-state index in [0.29, 0.717) is 0 Å². The fourth-order valence-electron chi connectivity index (χ4n) is 3.74. The maximum atomic E-state index is 5.46. The summed E-state index contributed by atoms with van der Waals surface area (Å²) in [7, 11) is 1.75. The molecule has 2 heterocycles. The second kappa shape index (κ2) is 5.10. The molecule has 0 aromatic heterocycles. The van der Waals surface area contributed by atoms with Crippen LogP contribution >= 0.6 is 0 Å². The Hall–Kier alpha value is -1.96. The van der Waals surface area contributed by atoms with Crippen LogP contribution in [0, 0.1) is 0 Å². The molecule has 0 amide bonds. The first kappa shape index (κ1) is 12.8. The van der Waals surface area contributed by atoms with E-state index >= 15 is 0 Å². The van der Waals surface area contributed by atoms with E-state index in [0.717, 1.165) is 18.7 Å². The molecule has 0 bridgehead atoms. The Labute approximate surface area is 126 Å². The highest BCUT2D eigenvalue weighted by Crippen LogP contribution is 2.42. The lowest BCUT2D eigenvalue weighted by Crippen LogP contribution is -2.25. The van der Waals surface area contributed by atoms with Crippen LogP contribution in [0.1, 0.15) is 36.8 Å². The minimum atomic E-state index is 0.954. The molecule has 0 N–H and O–H groups in total. The van der Waals surface area contributed by atoms with Crippen LogP contribution in [-0.2, 0) is 6.42 Å². The molecule has 4 rings (SSSR count). The molecule has 0 fully saturated rings. The van der Waals surface area contributed by atoms with E-state index in [-0.39, 0.29) is 0 Å². The summed E-state index contributed by atoms with van der Waals surface area (Å²) in [6.07, 6.45) is 12.9. The third kappa shape index (κ3) is 2.10. The predicted molar refractivity (Wildman–Crippen MR) is 86.0 cm³/mol. The van der Waals surface area contributed by atoms with Gasteiger partial charge in [0.25, 0.3) is 0 Å². The number of allylic oxidation sites excluding steroid dienone is 3. The van der Waals surface area contributed by atoms with Crippen molar-refractivity contribution >= 4 is 5.70 Å². The van der Waals surface area contributed by atoms with Gasteiger partial charge in [-0.1, -0.05) is 18.2 Å². The topological polar surface area (TPSA) is 12.5 Å². The summed E-state index contributed by atoms with van der Waals surface area (Å²) in [6.45, 7) is 1.10. The number of methoxy groups -OCH3 is 1. The minimum absolute atomic E-state index is 0.954. The highest BCUT2D eigenvalue weighted by atomic mass is 16.5. The van der Waals surface area contributed by atoms with Gasteiger partial charge in [-0.2, -0.15) is 0 Å². The van der Waals surface area contributed by atoms with Gasteiger partial charge < -0.3 is 9.64 Å². The van der Waals surface area contributed by atoms with Crippen molar-refractivity contribution in [3.8, 4) is 5.75 Å². The summed E-state index contributed by atoms with van der Waals surface area (Å²) in [4.78, 5) is 2.45. The van der Waals surface area contributed by atoms with Crippen molar-refractivity contribution < 1.29 is 4.74 Å². The monoisotopic (exact) mass is 279 g/mol. The molecule has 21 heavy (non-hydrogen) atoms. The number of benzene rings is 1. The molecule has 0 saturated carbocycles. The second-order valence-electron chi connectivity index (χ2n) is 6.00. The molecule has 0 radical (unpaired) electrons. The Balaban J connectivity index is 1.96. The van der Waals surface area contributed by atoms with Crippen molar-refractivity contribution in [1.29, 1.82) is 0 Å². The first-order valence-corrected chi connectivity index (χ1v) is 7.90. The Kier molecular flexibility index (Phi) is 3.10. The number of hydrogen-bond acceptors (Lipinski definition) is 2. The highest BCUT2D eigenvalue weighted by molar-refractivity contribution is 5.77. The van der Waals surface area contributed by atoms with Crippen molar-refractivity contribution in [2.75, 3.05) is 13.7 Å². The smallest absolute Gasteiger partial charge is 0.119 e. The molecule has 3 aliphatic rings. The third-order valence-corrected chi connectivity index (χ3v) is 4.80. The standard InChI is InChI=1S/C19H21NO/c1-21-16-9-8-14-6-4-11-20-12-10-15-5-2-3-7-17(15)19(20)18(14)13-16/h4-5,8-9,11,13H,2-3,6-7,10,12H2,1H3. The van der Waals surface area contributed by atoms with Crippen LogP contribution in [0.3, 0.4) is 0 Å². The van der Waals surface area contributed by atoms with E-state index in [4.69, 9.17) is 4.74 Å². The quantitative estimate of drug-likeness (QED) is 0.760. The van der Waals surface area contributed by atoms with Gasteiger partial charge in [-0.05, 0) is 60.9 Å². The zero-order valence-corrected chi connectivity index (χ0v) is 12.6. The normalized spacial score (nSPS) is 20.2. The fraction of sp³-hybridized carbons (Fsp3) is 0.368. The molecule has 1 aromatic carbocycles. The van der Waals surface area contributed by atoms with Gasteiger partial charge in [-0.25, -0.2) is 0 Å². The Morgan fingerprint density at radius 2 is 2.14 bits per heavy atom. The molecule has 1 aliphatic carbocycles. The van der Waals surface area contributed by atoms with Gasteiger partial charge >= 0.3 is 0 Å². The fourth-order valence-corrected chi connectivity index (χ4v) is 3.74. The van der Waals surface area contributed by atoms with E-state index in [1.165, 1.54) is 42.5 Å². The van der Waals surface area contributed by atoms with E-state index in [2.05, 4.69) is 41.5 Å². The number of hydrogen-bond donors (Lipinski definition) is 0. The van der Waals surface area contributed by atoms with Crippen LogP contribution < -0.4 is 4.74 Å². The predicted octanol–water partition coefficient (Wildman–Crippen LogP) is 4.29. The molecule has 108 valence electrons. The molecular weight excluding hydrogens is 258 g/mol. The molecule has 2 heteroatoms. The summed E-state index contributed by atoms with van der Waals surface area (Å²) in [5.74, 6) is 0.954. The SMILES string of the molecule is COc1ccc2c(c1)C1=C3CCCC=C3CCN1C=CC2. The van der Waals surface area contributed by atoms with Gasteiger partial charge in [0.05, 0.1) is 12.8 Å². The molecular formula is C19H21NO. The lowest BCUT2D eigenvalue weighted by Gasteiger charge is -2.35. The molecule has 2 aliphatic heterocycles. The summed E-state index contributed by atoms with van der Waals surface area (Å²) in [6, 6.07) is 6.51. The largest absolute Gasteiger partial charge is 0.497 e. The van der Waals surface area contributed by atoms with Crippen molar-refractivity contribution in [2.45, 2.75) is 32.1 Å². The summed E-state index contributed by atoms with van der Waals surface area (Å²) >= 11 is 0. The first-order chi connectivity index (χ1) is 10.4. The molecule has 2 nitrogen and oxygen atoms in total. The van der Waals surface area contributed by atoms with E-state index in [1.807, 2.05) is 0 Å². The maximum absolute atomic E-state index is 5.46. The van der Waals surface area contributed by atoms with Gasteiger partial charge in [0.2, 0.25) is 0 Å². The Morgan fingerprint density at radius 3 is 3.05 bits per heavy atom. The van der Waals surface area contributed by atoms with Crippen LogP contribution in [0.4, 0.5) is 0 Å². The Morgan fingerprint density at radius 1 is 1.19 bits per heavy atom. The van der Waals surface area contributed by atoms with Gasteiger partial charge in [0, 0.05) is 18.3 Å². The van der Waals surface area contributed by atoms with Gasteiger partial charge in [-0.15, -0.1) is 0 Å². The van der Waals surface area contributed by atoms with Crippen molar-refractivity contribution in [2.24, 2.45) is 0 Å². The highest BCUT2D eigenvalue weighted by Gasteiger charge is 2.27. The number of fused-ring (bicyclic) bond motifs is 4. The van der Waals surface area contributed by atoms with Crippen molar-refractivity contribution in [3.05, 3.63) is 58.8 Å². The maximum Gasteiger partial charge on any atom is 0.119 e. The second-order valence-corrected chi connectivity index (χ2v) is 6.00. The average molecular weight is 279 g/mol. The lowest BCUT2D eigenvalue weighted by atomic mass is 9.84. The van der Waals surface area contributed by atoms with Crippen LogP contribution in [0.15, 0.2) is 47.7 Å². The zero-order valence-electron chi connectivity index (χ0n) is 12.6. The molecule has 1 aromatic rings. The number of ether oxygens (including phenoxy) is 1. The van der Waals surface area contributed by atoms with Crippen LogP contribution in [0.2, 0.25) is 0 Å². The van der Waals surface area contributed by atoms with Crippen LogP contribution in [0.25, 0.3) is 5.70 Å². The van der Waals surface area contributed by atoms with E-state index in [9.17, 15) is 0 Å². The summed E-state index contributed by atoms with van der Waals surface area (Å²) in [5.41, 5.74) is 7.34. The van der Waals surface area contributed by atoms with E-state index < -0.39 is 0 Å². The lowest BCUT2D eigenvalue weighted by molar-refractivity contribution is 0.414. The van der Waals surface area contributed by atoms with Gasteiger partial charge in [0.15, 0.2) is 0 Å². The zero-order chi connectivity index (χ0) is 14.2. The van der Waals surface area contributed by atoms with Crippen molar-refractivity contribution in [3.63, 3.8) is 0 Å². The van der Waals surface area contributed by atoms with Crippen LogP contribution in [-0.4, -0.2) is 18.6 Å². The number of rotatable bonds is 1. The average Bonchev–Trinajstić information content (AvgIpc) is 2.73. The summed E-state index contributed by atoms with van der Waals surface area (Å²) in [5, 5.41) is 0. The van der Waals surface area contributed by atoms with Crippen molar-refractivity contribution in [1.82, 2.24) is 4.90 Å². The van der Waals surface area contributed by atoms with Crippen LogP contribution in [0.5, 0.6) is 5.75 Å². The van der Waals surface area contributed by atoms with E-state index in [1.54, 1.807) is 18.3 Å². The van der Waals surface area contributed by atoms with Gasteiger partial charge in [-0.3, -0.25) is 0 Å². The first-order valence-electron chi connectivity index (χ1n) is 7.90. The Bertz CT molecular complexity index is 666. The third-order valence-electron chi connectivity index (χ3n) is 4.80. The summed E-state index contributed by atoms with van der Waals surface area (Å²) < 4.78 is 5.46. The molecule has 0 saturated heterocycles. The minimum Gasteiger partial charge on any atom is -0.497 e. The van der Waals surface area contributed by atoms with Gasteiger partial charge in [0.1, 0.15) is 5.75 Å². The molecule has 0 atom stereocenters. The molecule has 0 unspecified atom stereocenters. The number of nitrogens with zero attached hydrogens (tertiary/aromatic N) is 1.